The molecule has 1 aromatic rings. The van der Waals surface area contributed by atoms with E-state index in [0.29, 0.717) is 0 Å². The van der Waals surface area contributed by atoms with Gasteiger partial charge in [-0.1, -0.05) is 51.0 Å². The number of carbonyl (C=O) groups is 1. The molecule has 104 valence electrons. The largest absolute Gasteiger partial charge is 0.295 e. The Morgan fingerprint density at radius 1 is 1.05 bits per heavy atom. The second-order valence-corrected chi connectivity index (χ2v) is 5.14. The highest BCUT2D eigenvalue weighted by molar-refractivity contribution is 5.91. The van der Waals surface area contributed by atoms with Gasteiger partial charge in [-0.05, 0) is 55.4 Å². The molecule has 0 bridgehead atoms. The molecule has 0 unspecified atom stereocenters. The van der Waals surface area contributed by atoms with Crippen LogP contribution in [0, 0.1) is 0 Å². The SMILES string of the molecule is CCCCc1cccc(CCCC)c1/C=C/C(C)=O. The molecule has 0 fully saturated rings. The maximum Gasteiger partial charge on any atom is 0.152 e. The van der Waals surface area contributed by atoms with Crippen molar-refractivity contribution < 1.29 is 4.79 Å². The van der Waals surface area contributed by atoms with E-state index in [4.69, 9.17) is 0 Å². The highest BCUT2D eigenvalue weighted by Crippen LogP contribution is 2.21. The van der Waals surface area contributed by atoms with Crippen LogP contribution in [0.25, 0.3) is 6.08 Å². The first-order valence-electron chi connectivity index (χ1n) is 7.48. The zero-order valence-electron chi connectivity index (χ0n) is 12.5. The maximum absolute atomic E-state index is 11.2. The fraction of sp³-hybridized carbons (Fsp3) is 0.500. The minimum absolute atomic E-state index is 0.117. The highest BCUT2D eigenvalue weighted by Gasteiger charge is 2.05. The summed E-state index contributed by atoms with van der Waals surface area (Å²) in [6.45, 7) is 6.04. The number of aryl methyl sites for hydroxylation is 2. The molecular formula is C18H26O. The van der Waals surface area contributed by atoms with Gasteiger partial charge in [-0.2, -0.15) is 0 Å². The van der Waals surface area contributed by atoms with E-state index in [1.165, 1.54) is 42.4 Å². The zero-order valence-corrected chi connectivity index (χ0v) is 12.5. The number of rotatable bonds is 8. The third-order valence-corrected chi connectivity index (χ3v) is 3.37. The van der Waals surface area contributed by atoms with Gasteiger partial charge in [-0.3, -0.25) is 4.79 Å². The third-order valence-electron chi connectivity index (χ3n) is 3.37. The van der Waals surface area contributed by atoms with Crippen LogP contribution in [-0.2, 0) is 17.6 Å². The molecule has 0 N–H and O–H groups in total. The van der Waals surface area contributed by atoms with Crippen LogP contribution in [0.15, 0.2) is 24.3 Å². The molecule has 1 aromatic carbocycles. The number of benzene rings is 1. The lowest BCUT2D eigenvalue weighted by atomic mass is 9.94. The van der Waals surface area contributed by atoms with Gasteiger partial charge in [-0.25, -0.2) is 0 Å². The molecule has 1 heteroatoms. The van der Waals surface area contributed by atoms with E-state index in [1.807, 2.05) is 6.08 Å². The summed E-state index contributed by atoms with van der Waals surface area (Å²) >= 11 is 0. The van der Waals surface area contributed by atoms with Crippen molar-refractivity contribution in [2.24, 2.45) is 0 Å². The van der Waals surface area contributed by atoms with Gasteiger partial charge in [0.25, 0.3) is 0 Å². The molecule has 0 amide bonds. The number of hydrogen-bond acceptors (Lipinski definition) is 1. The van der Waals surface area contributed by atoms with Crippen LogP contribution >= 0.6 is 0 Å². The van der Waals surface area contributed by atoms with Gasteiger partial charge >= 0.3 is 0 Å². The van der Waals surface area contributed by atoms with Crippen molar-refractivity contribution in [2.45, 2.75) is 59.3 Å². The van der Waals surface area contributed by atoms with Gasteiger partial charge in [0.1, 0.15) is 0 Å². The first kappa shape index (κ1) is 15.7. The summed E-state index contributed by atoms with van der Waals surface area (Å²) in [7, 11) is 0. The van der Waals surface area contributed by atoms with Crippen molar-refractivity contribution in [3.8, 4) is 0 Å². The minimum Gasteiger partial charge on any atom is -0.295 e. The summed E-state index contributed by atoms with van der Waals surface area (Å²) in [4.78, 5) is 11.2. The molecule has 0 aromatic heterocycles. The molecule has 0 saturated carbocycles. The normalized spacial score (nSPS) is 11.1. The molecule has 0 aliphatic carbocycles. The molecule has 1 rings (SSSR count). The fourth-order valence-electron chi connectivity index (χ4n) is 2.25. The fourth-order valence-corrected chi connectivity index (χ4v) is 2.25. The van der Waals surface area contributed by atoms with Crippen molar-refractivity contribution in [2.75, 3.05) is 0 Å². The van der Waals surface area contributed by atoms with E-state index in [9.17, 15) is 4.79 Å². The standard InChI is InChI=1S/C18H26O/c1-4-6-9-16-11-8-12-17(10-7-5-2)18(16)14-13-15(3)19/h8,11-14H,4-7,9-10H2,1-3H3/b14-13+. The summed E-state index contributed by atoms with van der Waals surface area (Å²) in [5, 5.41) is 0. The topological polar surface area (TPSA) is 17.1 Å². The Kier molecular flexibility index (Phi) is 7.17. The van der Waals surface area contributed by atoms with Crippen molar-refractivity contribution in [3.63, 3.8) is 0 Å². The molecule has 0 aliphatic rings. The monoisotopic (exact) mass is 258 g/mol. The van der Waals surface area contributed by atoms with Crippen molar-refractivity contribution >= 4 is 11.9 Å². The molecule has 0 spiro atoms. The van der Waals surface area contributed by atoms with Gasteiger partial charge in [0.2, 0.25) is 0 Å². The predicted molar refractivity (Wildman–Crippen MR) is 83.4 cm³/mol. The lowest BCUT2D eigenvalue weighted by molar-refractivity contribution is -0.112. The smallest absolute Gasteiger partial charge is 0.152 e. The number of carbonyl (C=O) groups excluding carboxylic acids is 1. The average Bonchev–Trinajstić information content (AvgIpc) is 2.41. The van der Waals surface area contributed by atoms with Gasteiger partial charge in [0.15, 0.2) is 5.78 Å². The van der Waals surface area contributed by atoms with Gasteiger partial charge < -0.3 is 0 Å². The summed E-state index contributed by atoms with van der Waals surface area (Å²) in [5.41, 5.74) is 4.04. The van der Waals surface area contributed by atoms with Crippen LogP contribution in [-0.4, -0.2) is 5.78 Å². The Bertz CT molecular complexity index is 403. The third kappa shape index (κ3) is 5.42. The summed E-state index contributed by atoms with van der Waals surface area (Å²) in [6, 6.07) is 6.55. The van der Waals surface area contributed by atoms with E-state index >= 15 is 0 Å². The number of allylic oxidation sites excluding steroid dienone is 1. The van der Waals surface area contributed by atoms with Crippen LogP contribution in [0.3, 0.4) is 0 Å². The van der Waals surface area contributed by atoms with Crippen molar-refractivity contribution in [3.05, 3.63) is 41.0 Å². The first-order chi connectivity index (χ1) is 9.19. The van der Waals surface area contributed by atoms with Crippen LogP contribution < -0.4 is 0 Å². The van der Waals surface area contributed by atoms with Crippen LogP contribution in [0.1, 0.15) is 63.1 Å². The Morgan fingerprint density at radius 3 is 2.00 bits per heavy atom. The average molecular weight is 258 g/mol. The van der Waals surface area contributed by atoms with E-state index in [2.05, 4.69) is 32.0 Å². The Morgan fingerprint density at radius 2 is 1.58 bits per heavy atom. The number of ketones is 1. The summed E-state index contributed by atoms with van der Waals surface area (Å²) in [6.07, 6.45) is 10.7. The van der Waals surface area contributed by atoms with E-state index in [-0.39, 0.29) is 5.78 Å². The van der Waals surface area contributed by atoms with E-state index < -0.39 is 0 Å². The molecule has 0 aliphatic heterocycles. The molecular weight excluding hydrogens is 232 g/mol. The van der Waals surface area contributed by atoms with E-state index in [1.54, 1.807) is 13.0 Å². The van der Waals surface area contributed by atoms with E-state index in [0.717, 1.165) is 12.8 Å². The number of hydrogen-bond donors (Lipinski definition) is 0. The Hall–Kier alpha value is -1.37. The van der Waals surface area contributed by atoms with Gasteiger partial charge in [-0.15, -0.1) is 0 Å². The lowest BCUT2D eigenvalue weighted by Crippen LogP contribution is -1.97. The first-order valence-corrected chi connectivity index (χ1v) is 7.48. The van der Waals surface area contributed by atoms with Crippen molar-refractivity contribution in [1.29, 1.82) is 0 Å². The maximum atomic E-state index is 11.2. The van der Waals surface area contributed by atoms with Crippen LogP contribution in [0.4, 0.5) is 0 Å². The molecule has 0 radical (unpaired) electrons. The van der Waals surface area contributed by atoms with Crippen LogP contribution in [0.5, 0.6) is 0 Å². The summed E-state index contributed by atoms with van der Waals surface area (Å²) < 4.78 is 0. The zero-order chi connectivity index (χ0) is 14.1. The highest BCUT2D eigenvalue weighted by atomic mass is 16.1. The van der Waals surface area contributed by atoms with Crippen LogP contribution in [0.2, 0.25) is 0 Å². The molecule has 0 atom stereocenters. The lowest BCUT2D eigenvalue weighted by Gasteiger charge is -2.11. The van der Waals surface area contributed by atoms with Crippen molar-refractivity contribution in [1.82, 2.24) is 0 Å². The summed E-state index contributed by atoms with van der Waals surface area (Å²) in [5.74, 6) is 0.117. The second-order valence-electron chi connectivity index (χ2n) is 5.14. The molecule has 1 nitrogen and oxygen atoms in total. The Labute approximate surface area is 117 Å². The molecule has 0 saturated heterocycles. The predicted octanol–water partition coefficient (Wildman–Crippen LogP) is 4.97. The number of unbranched alkanes of at least 4 members (excludes halogenated alkanes) is 2. The second kappa shape index (κ2) is 8.68. The van der Waals surface area contributed by atoms with Gasteiger partial charge in [0.05, 0.1) is 0 Å². The van der Waals surface area contributed by atoms with Gasteiger partial charge in [0, 0.05) is 0 Å². The minimum atomic E-state index is 0.117. The molecule has 0 heterocycles. The Balaban J connectivity index is 3.03. The molecule has 19 heavy (non-hydrogen) atoms. The quantitative estimate of drug-likeness (QED) is 0.601.